The second kappa shape index (κ2) is 30.5. The molecule has 1 fully saturated rings. The number of likely N-dealkylation sites (tertiary alicyclic amines) is 1. The average molecular weight is 1010 g/mol. The molecule has 1 aromatic rings. The van der Waals surface area contributed by atoms with E-state index >= 15 is 0 Å². The quantitative estimate of drug-likeness (QED) is 0.0572. The molecule has 72 heavy (non-hydrogen) atoms. The topological polar surface area (TPSA) is 200 Å². The van der Waals surface area contributed by atoms with E-state index in [1.165, 1.54) is 17.1 Å². The van der Waals surface area contributed by atoms with Gasteiger partial charge in [0.05, 0.1) is 49.4 Å². The number of hydrogen-bond acceptors (Lipinski definition) is 12. The Bertz CT molecular complexity index is 1960. The SMILES string of the molecule is CC[C@H](C)[C@@H]([C@@H](CC(=O)N1CCC[C@H]1[C@H](OC)[C@@H](C)C(=O)CC(C)[C@@H](O)c1ccccc1)OC)N(C)C(=O)[C@@H](CC(=O)[C@H](C(C)C)N(C)CCCC(=O)CNC(=O)CCCCCN1C(=O)C=CC1=O)C(C)C. The van der Waals surface area contributed by atoms with Crippen LogP contribution in [0.5, 0.6) is 0 Å². The number of aliphatic hydroxyl groups is 1. The number of rotatable bonds is 34. The zero-order valence-corrected chi connectivity index (χ0v) is 45.6. The van der Waals surface area contributed by atoms with Crippen LogP contribution in [0.1, 0.15) is 144 Å². The minimum absolute atomic E-state index is 0.00612. The number of ether oxygens (including phenoxy) is 2. The number of benzene rings is 1. The lowest BCUT2D eigenvalue weighted by atomic mass is 9.83. The molecule has 0 aliphatic carbocycles. The summed E-state index contributed by atoms with van der Waals surface area (Å²) < 4.78 is 12.1. The van der Waals surface area contributed by atoms with Gasteiger partial charge >= 0.3 is 0 Å². The van der Waals surface area contributed by atoms with Crippen LogP contribution in [0, 0.1) is 35.5 Å². The summed E-state index contributed by atoms with van der Waals surface area (Å²) in [6.45, 7) is 16.8. The van der Waals surface area contributed by atoms with Crippen molar-refractivity contribution in [2.45, 2.75) is 169 Å². The van der Waals surface area contributed by atoms with Gasteiger partial charge in [0.25, 0.3) is 11.8 Å². The standard InChI is InChI=1S/C56H89N5O11/c1-13-38(6)53(47(71-11)34-51(68)60-31-21-25-44(60)55(72-12)40(8)45(63)32-39(7)54(69)41-22-16-14-17-23-41)59(10)56(70)43(36(2)3)33-46(64)52(37(4)5)58(9)29-20-24-42(62)35-57-48(65)26-18-15-19-30-61-49(66)27-28-50(61)67/h14,16-17,22-23,27-28,36-40,43-44,47,52-55,69H,13,15,18-21,24-26,29-35H2,1-12H3,(H,57,65)/t38-,39?,40-,43-,44-,47+,52-,53-,54+,55+/m0/s1. The monoisotopic (exact) mass is 1010 g/mol. The van der Waals surface area contributed by atoms with Crippen molar-refractivity contribution in [3.63, 3.8) is 0 Å². The molecule has 0 radical (unpaired) electrons. The zero-order chi connectivity index (χ0) is 53.8. The number of aliphatic hydroxyl groups excluding tert-OH is 1. The van der Waals surface area contributed by atoms with Crippen LogP contribution in [0.3, 0.4) is 0 Å². The molecule has 2 heterocycles. The van der Waals surface area contributed by atoms with E-state index in [1.54, 1.807) is 26.2 Å². The Hall–Kier alpha value is -4.64. The molecule has 0 aromatic heterocycles. The summed E-state index contributed by atoms with van der Waals surface area (Å²) in [5.41, 5.74) is 0.754. The van der Waals surface area contributed by atoms with Gasteiger partial charge < -0.3 is 29.7 Å². The van der Waals surface area contributed by atoms with Crippen LogP contribution in [0.15, 0.2) is 42.5 Å². The number of hydrogen-bond donors (Lipinski definition) is 2. The fourth-order valence-electron chi connectivity index (χ4n) is 10.7. The molecule has 1 unspecified atom stereocenters. The van der Waals surface area contributed by atoms with Crippen molar-refractivity contribution in [2.75, 3.05) is 54.5 Å². The Morgan fingerprint density at radius 2 is 1.44 bits per heavy atom. The first-order valence-electron chi connectivity index (χ1n) is 26.5. The molecule has 5 amide bonds. The number of ketones is 3. The van der Waals surface area contributed by atoms with E-state index in [0.29, 0.717) is 58.2 Å². The molecule has 2 N–H and O–H groups in total. The minimum atomic E-state index is -0.794. The minimum Gasteiger partial charge on any atom is -0.388 e. The summed E-state index contributed by atoms with van der Waals surface area (Å²) >= 11 is 0. The fourth-order valence-corrected chi connectivity index (χ4v) is 10.7. The van der Waals surface area contributed by atoms with Gasteiger partial charge in [0.1, 0.15) is 5.78 Å². The highest BCUT2D eigenvalue weighted by atomic mass is 16.5. The van der Waals surface area contributed by atoms with Crippen molar-refractivity contribution in [3.05, 3.63) is 48.0 Å². The second-order valence-electron chi connectivity index (χ2n) is 21.2. The second-order valence-corrected chi connectivity index (χ2v) is 21.2. The average Bonchev–Trinajstić information content (AvgIpc) is 3.96. The molecule has 10 atom stereocenters. The number of likely N-dealkylation sites (N-methyl/N-ethyl adjacent to an activating group) is 2. The molecule has 0 saturated carbocycles. The highest BCUT2D eigenvalue weighted by molar-refractivity contribution is 6.12. The maximum absolute atomic E-state index is 14.7. The predicted octanol–water partition coefficient (Wildman–Crippen LogP) is 6.37. The summed E-state index contributed by atoms with van der Waals surface area (Å²) in [6, 6.07) is 7.97. The Kier molecular flexibility index (Phi) is 26.1. The molecule has 2 aliphatic rings. The largest absolute Gasteiger partial charge is 0.388 e. The lowest BCUT2D eigenvalue weighted by molar-refractivity contribution is -0.149. The van der Waals surface area contributed by atoms with Crippen LogP contribution in [0.4, 0.5) is 0 Å². The first-order chi connectivity index (χ1) is 34.1. The molecule has 3 rings (SSSR count). The fraction of sp³-hybridized carbons (Fsp3) is 0.714. The third-order valence-corrected chi connectivity index (χ3v) is 15.2. The molecule has 16 heteroatoms. The molecule has 2 aliphatic heterocycles. The normalized spacial score (nSPS) is 18.8. The Labute approximate surface area is 430 Å². The lowest BCUT2D eigenvalue weighted by Gasteiger charge is -2.41. The van der Waals surface area contributed by atoms with Crippen LogP contribution in [-0.2, 0) is 47.8 Å². The number of imide groups is 1. The Morgan fingerprint density at radius 1 is 0.792 bits per heavy atom. The van der Waals surface area contributed by atoms with Gasteiger partial charge in [-0.05, 0) is 74.9 Å². The summed E-state index contributed by atoms with van der Waals surface area (Å²) in [4.78, 5) is 112. The van der Waals surface area contributed by atoms with E-state index in [1.807, 2.05) is 103 Å². The summed E-state index contributed by atoms with van der Waals surface area (Å²) in [5.74, 6) is -3.25. The number of nitrogens with zero attached hydrogens (tertiary/aromatic N) is 4. The maximum atomic E-state index is 14.7. The lowest BCUT2D eigenvalue weighted by Crippen LogP contribution is -2.54. The van der Waals surface area contributed by atoms with Gasteiger partial charge in [-0.15, -0.1) is 0 Å². The molecule has 404 valence electrons. The molecule has 1 aromatic carbocycles. The molecule has 1 saturated heterocycles. The van der Waals surface area contributed by atoms with E-state index in [-0.39, 0.29) is 115 Å². The van der Waals surface area contributed by atoms with Crippen molar-refractivity contribution >= 4 is 46.9 Å². The molecular formula is C56H89N5O11. The van der Waals surface area contributed by atoms with Crippen molar-refractivity contribution < 1.29 is 52.9 Å². The van der Waals surface area contributed by atoms with E-state index in [9.17, 15) is 43.5 Å². The Morgan fingerprint density at radius 3 is 2.03 bits per heavy atom. The van der Waals surface area contributed by atoms with E-state index in [4.69, 9.17) is 9.47 Å². The van der Waals surface area contributed by atoms with Gasteiger partial charge in [-0.3, -0.25) is 48.2 Å². The summed E-state index contributed by atoms with van der Waals surface area (Å²) in [7, 11) is 6.73. The van der Waals surface area contributed by atoms with Gasteiger partial charge in [0.15, 0.2) is 11.6 Å². The van der Waals surface area contributed by atoms with Crippen molar-refractivity contribution in [3.8, 4) is 0 Å². The van der Waals surface area contributed by atoms with Crippen molar-refractivity contribution in [2.24, 2.45) is 35.5 Å². The van der Waals surface area contributed by atoms with Crippen LogP contribution in [0.2, 0.25) is 0 Å². The first kappa shape index (κ1) is 61.7. The number of carbonyl (C=O) groups is 8. The van der Waals surface area contributed by atoms with Gasteiger partial charge in [-0.2, -0.15) is 0 Å². The number of Topliss-reactive ketones (excluding diaryl/α,β-unsaturated/α-hetero) is 3. The van der Waals surface area contributed by atoms with Crippen LogP contribution >= 0.6 is 0 Å². The van der Waals surface area contributed by atoms with Crippen molar-refractivity contribution in [1.29, 1.82) is 0 Å². The Balaban J connectivity index is 1.59. The van der Waals surface area contributed by atoms with Crippen LogP contribution in [-0.4, -0.2) is 156 Å². The van der Waals surface area contributed by atoms with E-state index in [2.05, 4.69) is 5.32 Å². The maximum Gasteiger partial charge on any atom is 0.253 e. The van der Waals surface area contributed by atoms with Gasteiger partial charge in [0.2, 0.25) is 17.7 Å². The third kappa shape index (κ3) is 17.8. The molecule has 0 bridgehead atoms. The summed E-state index contributed by atoms with van der Waals surface area (Å²) in [5, 5.41) is 13.7. The van der Waals surface area contributed by atoms with Gasteiger partial charge in [-0.25, -0.2) is 0 Å². The number of nitrogens with one attached hydrogen (secondary N) is 1. The van der Waals surface area contributed by atoms with E-state index in [0.717, 1.165) is 12.0 Å². The molecule has 16 nitrogen and oxygen atoms in total. The first-order valence-corrected chi connectivity index (χ1v) is 26.5. The smallest absolute Gasteiger partial charge is 0.253 e. The van der Waals surface area contributed by atoms with Crippen LogP contribution < -0.4 is 5.32 Å². The predicted molar refractivity (Wildman–Crippen MR) is 277 cm³/mol. The zero-order valence-electron chi connectivity index (χ0n) is 45.6. The number of carbonyl (C=O) groups excluding carboxylic acids is 8. The highest BCUT2D eigenvalue weighted by Gasteiger charge is 2.43. The number of unbranched alkanes of at least 4 members (excludes halogenated alkanes) is 2. The van der Waals surface area contributed by atoms with Crippen molar-refractivity contribution in [1.82, 2.24) is 24.9 Å². The van der Waals surface area contributed by atoms with Crippen LogP contribution in [0.25, 0.3) is 0 Å². The number of amides is 5. The summed E-state index contributed by atoms with van der Waals surface area (Å²) in [6.07, 6.45) is 5.55. The number of methoxy groups -OCH3 is 2. The highest BCUT2D eigenvalue weighted by Crippen LogP contribution is 2.33. The van der Waals surface area contributed by atoms with Gasteiger partial charge in [0, 0.05) is 84.0 Å². The third-order valence-electron chi connectivity index (χ3n) is 15.2. The molecular weight excluding hydrogens is 919 g/mol. The molecule has 0 spiro atoms. The van der Waals surface area contributed by atoms with E-state index < -0.39 is 42.2 Å². The van der Waals surface area contributed by atoms with Gasteiger partial charge in [-0.1, -0.05) is 98.6 Å².